The Bertz CT molecular complexity index is 1280. The zero-order chi connectivity index (χ0) is 29.4. The summed E-state index contributed by atoms with van der Waals surface area (Å²) in [6.07, 6.45) is -1.70. The number of aliphatic hydroxyl groups excluding tert-OH is 2. The summed E-state index contributed by atoms with van der Waals surface area (Å²) < 4.78 is 12.9. The zero-order valence-electron chi connectivity index (χ0n) is 23.3. The minimum absolute atomic E-state index is 0.0441. The standard InChI is InChI=1S/C32H38N2O7/c1-21(31(39)24-7-4-3-5-8-24)34(2)19-27-18-28(23-13-11-22(20-35)12-14-23)41-32(40-27)25-9-6-10-26(17-25)33-29(36)15-16-30(37)38/h3-14,17,21,27-28,31-32,35,39H,15-16,18-20H2,1-2H3,(H,33,36)(H,37,38)/t21-,27-,28+,31-,32+/m0/s1. The van der Waals surface area contributed by atoms with Gasteiger partial charge in [-0.1, -0.05) is 66.7 Å². The van der Waals surface area contributed by atoms with Crippen molar-refractivity contribution in [1.29, 1.82) is 0 Å². The molecule has 5 atom stereocenters. The Morgan fingerprint density at radius 3 is 2.39 bits per heavy atom. The lowest BCUT2D eigenvalue weighted by Gasteiger charge is -2.39. The van der Waals surface area contributed by atoms with Gasteiger partial charge in [0.2, 0.25) is 5.91 Å². The van der Waals surface area contributed by atoms with Crippen LogP contribution in [0.3, 0.4) is 0 Å². The number of carboxylic acids is 1. The van der Waals surface area contributed by atoms with Crippen LogP contribution in [0.1, 0.15) is 66.9 Å². The van der Waals surface area contributed by atoms with Crippen LogP contribution in [0.25, 0.3) is 0 Å². The number of aliphatic carboxylic acids is 1. The molecule has 1 saturated heterocycles. The van der Waals surface area contributed by atoms with Gasteiger partial charge >= 0.3 is 5.97 Å². The van der Waals surface area contributed by atoms with Crippen molar-refractivity contribution in [3.63, 3.8) is 0 Å². The van der Waals surface area contributed by atoms with Crippen LogP contribution in [-0.2, 0) is 25.7 Å². The second kappa shape index (κ2) is 14.3. The SMILES string of the molecule is C[C@@H]([C@H](O)c1ccccc1)N(C)C[C@@H]1C[C@H](c2ccc(CO)cc2)O[C@H](c2cccc(NC(=O)CCC(=O)O)c2)O1. The lowest BCUT2D eigenvalue weighted by atomic mass is 9.98. The van der Waals surface area contributed by atoms with E-state index in [0.717, 1.165) is 16.7 Å². The number of carbonyl (C=O) groups is 2. The molecule has 4 N–H and O–H groups in total. The van der Waals surface area contributed by atoms with Crippen LogP contribution in [0.2, 0.25) is 0 Å². The van der Waals surface area contributed by atoms with Crippen molar-refractivity contribution >= 4 is 17.6 Å². The molecular formula is C32H38N2O7. The molecule has 3 aromatic rings. The molecule has 4 rings (SSSR count). The normalized spacial score (nSPS) is 20.4. The molecule has 1 aliphatic rings. The molecule has 1 fully saturated rings. The van der Waals surface area contributed by atoms with Crippen molar-refractivity contribution in [1.82, 2.24) is 4.90 Å². The molecule has 218 valence electrons. The molecule has 1 heterocycles. The van der Waals surface area contributed by atoms with Gasteiger partial charge in [-0.2, -0.15) is 0 Å². The van der Waals surface area contributed by atoms with Crippen molar-refractivity contribution in [2.24, 2.45) is 0 Å². The molecule has 3 aromatic carbocycles. The Kier molecular flexibility index (Phi) is 10.6. The van der Waals surface area contributed by atoms with Crippen LogP contribution in [0, 0.1) is 0 Å². The number of hydrogen-bond donors (Lipinski definition) is 4. The molecule has 41 heavy (non-hydrogen) atoms. The number of likely N-dealkylation sites (N-methyl/N-ethyl adjacent to an activating group) is 1. The van der Waals surface area contributed by atoms with Gasteiger partial charge in [0.1, 0.15) is 0 Å². The maximum Gasteiger partial charge on any atom is 0.303 e. The van der Waals surface area contributed by atoms with Crippen LogP contribution in [0.4, 0.5) is 5.69 Å². The van der Waals surface area contributed by atoms with Gasteiger partial charge in [-0.3, -0.25) is 14.5 Å². The van der Waals surface area contributed by atoms with E-state index >= 15 is 0 Å². The van der Waals surface area contributed by atoms with E-state index in [1.165, 1.54) is 0 Å². The monoisotopic (exact) mass is 562 g/mol. The van der Waals surface area contributed by atoms with Gasteiger partial charge in [-0.15, -0.1) is 0 Å². The van der Waals surface area contributed by atoms with Crippen LogP contribution in [-0.4, -0.2) is 57.8 Å². The molecule has 1 amide bonds. The first-order chi connectivity index (χ1) is 19.7. The van der Waals surface area contributed by atoms with E-state index in [2.05, 4.69) is 10.2 Å². The van der Waals surface area contributed by atoms with E-state index in [9.17, 15) is 19.8 Å². The van der Waals surface area contributed by atoms with Gasteiger partial charge in [0.05, 0.1) is 31.3 Å². The van der Waals surface area contributed by atoms with Crippen molar-refractivity contribution in [2.45, 2.75) is 63.4 Å². The predicted molar refractivity (Wildman–Crippen MR) is 154 cm³/mol. The first-order valence-corrected chi connectivity index (χ1v) is 13.8. The minimum atomic E-state index is -1.03. The molecule has 0 bridgehead atoms. The summed E-state index contributed by atoms with van der Waals surface area (Å²) in [6, 6.07) is 24.2. The summed E-state index contributed by atoms with van der Waals surface area (Å²) >= 11 is 0. The Morgan fingerprint density at radius 1 is 0.976 bits per heavy atom. The second-order valence-electron chi connectivity index (χ2n) is 10.5. The van der Waals surface area contributed by atoms with Gasteiger partial charge in [-0.25, -0.2) is 0 Å². The van der Waals surface area contributed by atoms with E-state index < -0.39 is 18.4 Å². The number of rotatable bonds is 12. The van der Waals surface area contributed by atoms with Crippen molar-refractivity contribution < 1.29 is 34.4 Å². The third kappa shape index (κ3) is 8.45. The molecule has 0 unspecified atom stereocenters. The van der Waals surface area contributed by atoms with Crippen LogP contribution < -0.4 is 5.32 Å². The Balaban J connectivity index is 1.52. The first-order valence-electron chi connectivity index (χ1n) is 13.8. The van der Waals surface area contributed by atoms with Gasteiger partial charge in [-0.05, 0) is 42.8 Å². The van der Waals surface area contributed by atoms with E-state index in [1.54, 1.807) is 18.2 Å². The minimum Gasteiger partial charge on any atom is -0.481 e. The smallest absolute Gasteiger partial charge is 0.303 e. The molecule has 9 heteroatoms. The third-order valence-corrected chi connectivity index (χ3v) is 7.41. The molecule has 0 radical (unpaired) electrons. The summed E-state index contributed by atoms with van der Waals surface area (Å²) in [6.45, 7) is 2.48. The van der Waals surface area contributed by atoms with Gasteiger partial charge in [0.25, 0.3) is 0 Å². The Hall–Kier alpha value is -3.60. The number of carbonyl (C=O) groups excluding carboxylic acids is 1. The van der Waals surface area contributed by atoms with Crippen molar-refractivity contribution in [2.75, 3.05) is 18.9 Å². The van der Waals surface area contributed by atoms with E-state index in [0.29, 0.717) is 24.2 Å². The highest BCUT2D eigenvalue weighted by Crippen LogP contribution is 2.39. The molecule has 0 aromatic heterocycles. The lowest BCUT2D eigenvalue weighted by molar-refractivity contribution is -0.253. The number of hydrogen-bond acceptors (Lipinski definition) is 7. The highest BCUT2D eigenvalue weighted by molar-refractivity contribution is 5.92. The lowest BCUT2D eigenvalue weighted by Crippen LogP contribution is -2.43. The van der Waals surface area contributed by atoms with Crippen LogP contribution in [0.5, 0.6) is 0 Å². The Morgan fingerprint density at radius 2 is 1.71 bits per heavy atom. The second-order valence-corrected chi connectivity index (χ2v) is 10.5. The summed E-state index contributed by atoms with van der Waals surface area (Å²) in [5, 5.41) is 32.0. The number of aliphatic hydroxyl groups is 2. The van der Waals surface area contributed by atoms with Crippen molar-refractivity contribution in [3.8, 4) is 0 Å². The Labute approximate surface area is 240 Å². The number of benzene rings is 3. The quantitative estimate of drug-likeness (QED) is 0.253. The highest BCUT2D eigenvalue weighted by atomic mass is 16.7. The van der Waals surface area contributed by atoms with E-state index in [1.807, 2.05) is 74.6 Å². The summed E-state index contributed by atoms with van der Waals surface area (Å²) in [7, 11) is 1.96. The molecular weight excluding hydrogens is 524 g/mol. The summed E-state index contributed by atoms with van der Waals surface area (Å²) in [5.41, 5.74) is 3.85. The molecule has 9 nitrogen and oxygen atoms in total. The number of carboxylic acid groups (broad SMARTS) is 1. The number of nitrogens with one attached hydrogen (secondary N) is 1. The van der Waals surface area contributed by atoms with Gasteiger partial charge in [0.15, 0.2) is 6.29 Å². The predicted octanol–water partition coefficient (Wildman–Crippen LogP) is 4.58. The molecule has 0 spiro atoms. The number of amides is 1. The fourth-order valence-electron chi connectivity index (χ4n) is 4.90. The van der Waals surface area contributed by atoms with Gasteiger partial charge in [0, 0.05) is 36.7 Å². The molecule has 0 aliphatic carbocycles. The highest BCUT2D eigenvalue weighted by Gasteiger charge is 2.34. The average molecular weight is 563 g/mol. The topological polar surface area (TPSA) is 129 Å². The third-order valence-electron chi connectivity index (χ3n) is 7.41. The van der Waals surface area contributed by atoms with E-state index in [4.69, 9.17) is 14.6 Å². The van der Waals surface area contributed by atoms with Crippen molar-refractivity contribution in [3.05, 3.63) is 101 Å². The first kappa shape index (κ1) is 30.4. The largest absolute Gasteiger partial charge is 0.481 e. The van der Waals surface area contributed by atoms with Crippen LogP contribution in [0.15, 0.2) is 78.9 Å². The summed E-state index contributed by atoms with van der Waals surface area (Å²) in [4.78, 5) is 25.1. The number of ether oxygens (including phenoxy) is 2. The maximum atomic E-state index is 12.2. The fourth-order valence-corrected chi connectivity index (χ4v) is 4.90. The van der Waals surface area contributed by atoms with Gasteiger partial charge < -0.3 is 30.1 Å². The average Bonchev–Trinajstić information content (AvgIpc) is 2.99. The number of anilines is 1. The zero-order valence-corrected chi connectivity index (χ0v) is 23.3. The fraction of sp³-hybridized carbons (Fsp3) is 0.375. The maximum absolute atomic E-state index is 12.2. The molecule has 0 saturated carbocycles. The van der Waals surface area contributed by atoms with E-state index in [-0.39, 0.29) is 43.6 Å². The summed E-state index contributed by atoms with van der Waals surface area (Å²) in [5.74, 6) is -1.42. The van der Waals surface area contributed by atoms with Crippen LogP contribution >= 0.6 is 0 Å². The molecule has 1 aliphatic heterocycles. The number of nitrogens with zero attached hydrogens (tertiary/aromatic N) is 1.